The molecular weight excluding hydrogens is 416 g/mol. The predicted molar refractivity (Wildman–Crippen MR) is 119 cm³/mol. The Bertz CT molecular complexity index is 999. The normalized spacial score (nSPS) is 16.0. The number of nitrogens with zero attached hydrogens (tertiary/aromatic N) is 1. The summed E-state index contributed by atoms with van der Waals surface area (Å²) in [5.41, 5.74) is 2.88. The Balaban J connectivity index is 1.73. The lowest BCUT2D eigenvalue weighted by Crippen LogP contribution is -2.40. The third kappa shape index (κ3) is 5.64. The van der Waals surface area contributed by atoms with Gasteiger partial charge in [0.05, 0.1) is 32.8 Å². The Labute approximate surface area is 184 Å². The summed E-state index contributed by atoms with van der Waals surface area (Å²) in [7, 11) is -2.30. The van der Waals surface area contributed by atoms with Gasteiger partial charge in [-0.3, -0.25) is 4.79 Å². The first-order chi connectivity index (χ1) is 14.8. The molecule has 1 aliphatic heterocycles. The summed E-state index contributed by atoms with van der Waals surface area (Å²) < 4.78 is 38.2. The molecule has 1 N–H and O–H groups in total. The van der Waals surface area contributed by atoms with Crippen LogP contribution in [0.4, 0.5) is 0 Å². The highest BCUT2D eigenvalue weighted by molar-refractivity contribution is 7.89. The lowest BCUT2D eigenvalue weighted by atomic mass is 10.0. The number of carbonyl (C=O) groups is 1. The smallest absolute Gasteiger partial charge is 0.246 e. The largest absolute Gasteiger partial charge is 0.495 e. The van der Waals surface area contributed by atoms with Crippen LogP contribution in [0.15, 0.2) is 47.4 Å². The van der Waals surface area contributed by atoms with Gasteiger partial charge in [-0.05, 0) is 42.2 Å². The van der Waals surface area contributed by atoms with Crippen molar-refractivity contribution in [3.8, 4) is 5.75 Å². The van der Waals surface area contributed by atoms with Crippen molar-refractivity contribution < 1.29 is 22.7 Å². The van der Waals surface area contributed by atoms with Crippen LogP contribution < -0.4 is 10.1 Å². The Hall–Kier alpha value is -2.42. The molecule has 0 aliphatic carbocycles. The van der Waals surface area contributed by atoms with Crippen molar-refractivity contribution in [3.05, 3.63) is 59.2 Å². The molecule has 1 unspecified atom stereocenters. The average Bonchev–Trinajstić information content (AvgIpc) is 2.79. The molecule has 1 fully saturated rings. The van der Waals surface area contributed by atoms with Crippen molar-refractivity contribution in [1.29, 1.82) is 0 Å². The molecule has 0 radical (unpaired) electrons. The van der Waals surface area contributed by atoms with E-state index >= 15 is 0 Å². The van der Waals surface area contributed by atoms with E-state index in [9.17, 15) is 13.2 Å². The minimum absolute atomic E-state index is 0.0744. The number of rotatable bonds is 8. The molecule has 1 aliphatic rings. The molecule has 0 spiro atoms. The number of nitrogens with one attached hydrogen (secondary N) is 1. The standard InChI is InChI=1S/C23H30N2O5S/c1-4-18-5-8-20(9-6-18)17(2)24-23(26)16-19-7-10-21(29-3)22(15-19)31(27,28)25-11-13-30-14-12-25/h5-10,15,17H,4,11-14,16H2,1-3H3,(H,24,26). The van der Waals surface area contributed by atoms with Crippen molar-refractivity contribution in [1.82, 2.24) is 9.62 Å². The lowest BCUT2D eigenvalue weighted by Gasteiger charge is -2.26. The van der Waals surface area contributed by atoms with Crippen molar-refractivity contribution in [2.24, 2.45) is 0 Å². The fourth-order valence-electron chi connectivity index (χ4n) is 3.56. The Morgan fingerprint density at radius 2 is 1.77 bits per heavy atom. The summed E-state index contributed by atoms with van der Waals surface area (Å²) in [6, 6.07) is 12.9. The third-order valence-corrected chi connectivity index (χ3v) is 7.37. The molecule has 8 heteroatoms. The van der Waals surface area contributed by atoms with Crippen molar-refractivity contribution >= 4 is 15.9 Å². The van der Waals surface area contributed by atoms with Crippen LogP contribution in [0, 0.1) is 0 Å². The van der Waals surface area contributed by atoms with Crippen LogP contribution in [-0.2, 0) is 32.4 Å². The van der Waals surface area contributed by atoms with E-state index in [1.165, 1.54) is 23.0 Å². The van der Waals surface area contributed by atoms with Crippen LogP contribution in [0.25, 0.3) is 0 Å². The molecule has 3 rings (SSSR count). The van der Waals surface area contributed by atoms with Crippen LogP contribution in [-0.4, -0.2) is 52.0 Å². The maximum Gasteiger partial charge on any atom is 0.246 e. The highest BCUT2D eigenvalue weighted by atomic mass is 32.2. The zero-order valence-corrected chi connectivity index (χ0v) is 19.1. The molecule has 0 bridgehead atoms. The number of carbonyl (C=O) groups excluding carboxylic acids is 1. The molecule has 1 saturated heterocycles. The minimum atomic E-state index is -3.74. The van der Waals surface area contributed by atoms with Gasteiger partial charge in [0, 0.05) is 13.1 Å². The van der Waals surface area contributed by atoms with E-state index in [-0.39, 0.29) is 29.0 Å². The SMILES string of the molecule is CCc1ccc(C(C)NC(=O)Cc2ccc(OC)c(S(=O)(=O)N3CCOCC3)c2)cc1. The fourth-order valence-corrected chi connectivity index (χ4v) is 5.18. The van der Waals surface area contributed by atoms with E-state index in [4.69, 9.17) is 9.47 Å². The van der Waals surface area contributed by atoms with Crippen LogP contribution in [0.3, 0.4) is 0 Å². The van der Waals surface area contributed by atoms with E-state index in [1.54, 1.807) is 12.1 Å². The first kappa shape index (κ1) is 23.2. The molecule has 2 aromatic rings. The summed E-state index contributed by atoms with van der Waals surface area (Å²) in [5, 5.41) is 2.99. The van der Waals surface area contributed by atoms with Crippen LogP contribution in [0.2, 0.25) is 0 Å². The van der Waals surface area contributed by atoms with Gasteiger partial charge in [0.25, 0.3) is 0 Å². The molecule has 0 aromatic heterocycles. The predicted octanol–water partition coefficient (Wildman–Crippen LogP) is 2.70. The first-order valence-electron chi connectivity index (χ1n) is 10.5. The van der Waals surface area contributed by atoms with Gasteiger partial charge in [-0.15, -0.1) is 0 Å². The van der Waals surface area contributed by atoms with E-state index in [0.29, 0.717) is 31.9 Å². The Morgan fingerprint density at radius 1 is 1.13 bits per heavy atom. The zero-order valence-electron chi connectivity index (χ0n) is 18.3. The van der Waals surface area contributed by atoms with E-state index in [0.717, 1.165) is 12.0 Å². The van der Waals surface area contributed by atoms with Crippen molar-refractivity contribution in [2.75, 3.05) is 33.4 Å². The maximum atomic E-state index is 13.1. The van der Waals surface area contributed by atoms with Crippen LogP contribution in [0.5, 0.6) is 5.75 Å². The van der Waals surface area contributed by atoms with Crippen LogP contribution in [0.1, 0.15) is 36.6 Å². The number of benzene rings is 2. The second-order valence-electron chi connectivity index (χ2n) is 7.56. The molecule has 168 valence electrons. The summed E-state index contributed by atoms with van der Waals surface area (Å²) in [5.74, 6) is 0.0898. The lowest BCUT2D eigenvalue weighted by molar-refractivity contribution is -0.121. The van der Waals surface area contributed by atoms with Gasteiger partial charge < -0.3 is 14.8 Å². The van der Waals surface area contributed by atoms with E-state index in [1.807, 2.05) is 19.1 Å². The third-order valence-electron chi connectivity index (χ3n) is 5.45. The monoisotopic (exact) mass is 446 g/mol. The van der Waals surface area contributed by atoms with Gasteiger partial charge in [-0.25, -0.2) is 8.42 Å². The maximum absolute atomic E-state index is 13.1. The first-order valence-corrected chi connectivity index (χ1v) is 11.9. The second kappa shape index (κ2) is 10.3. The van der Waals surface area contributed by atoms with Gasteiger partial charge in [0.1, 0.15) is 10.6 Å². The second-order valence-corrected chi connectivity index (χ2v) is 9.47. The number of aryl methyl sites for hydroxylation is 1. The molecule has 31 heavy (non-hydrogen) atoms. The molecule has 7 nitrogen and oxygen atoms in total. The average molecular weight is 447 g/mol. The molecule has 2 aromatic carbocycles. The highest BCUT2D eigenvalue weighted by Gasteiger charge is 2.29. The Kier molecular flexibility index (Phi) is 7.69. The van der Waals surface area contributed by atoms with Crippen LogP contribution >= 0.6 is 0 Å². The minimum Gasteiger partial charge on any atom is -0.495 e. The number of morpholine rings is 1. The summed E-state index contributed by atoms with van der Waals surface area (Å²) >= 11 is 0. The number of hydrogen-bond donors (Lipinski definition) is 1. The molecular formula is C23H30N2O5S. The highest BCUT2D eigenvalue weighted by Crippen LogP contribution is 2.28. The number of methoxy groups -OCH3 is 1. The quantitative estimate of drug-likeness (QED) is 0.674. The Morgan fingerprint density at radius 3 is 2.39 bits per heavy atom. The zero-order chi connectivity index (χ0) is 22.4. The number of sulfonamides is 1. The fraction of sp³-hybridized carbons (Fsp3) is 0.435. The van der Waals surface area contributed by atoms with Gasteiger partial charge in [-0.1, -0.05) is 37.3 Å². The van der Waals surface area contributed by atoms with Gasteiger partial charge in [0.2, 0.25) is 15.9 Å². The van der Waals surface area contributed by atoms with Crippen molar-refractivity contribution in [3.63, 3.8) is 0 Å². The molecule has 1 heterocycles. The summed E-state index contributed by atoms with van der Waals surface area (Å²) in [4.78, 5) is 12.7. The molecule has 1 amide bonds. The summed E-state index contributed by atoms with van der Waals surface area (Å²) in [6.07, 6.45) is 1.04. The molecule has 1 atom stereocenters. The van der Waals surface area contributed by atoms with Gasteiger partial charge >= 0.3 is 0 Å². The molecule has 0 saturated carbocycles. The number of amides is 1. The van der Waals surface area contributed by atoms with E-state index in [2.05, 4.69) is 24.4 Å². The van der Waals surface area contributed by atoms with E-state index < -0.39 is 10.0 Å². The number of ether oxygens (including phenoxy) is 2. The topological polar surface area (TPSA) is 84.9 Å². The van der Waals surface area contributed by atoms with Gasteiger partial charge in [-0.2, -0.15) is 4.31 Å². The van der Waals surface area contributed by atoms with Gasteiger partial charge in [0.15, 0.2) is 0 Å². The van der Waals surface area contributed by atoms with Crippen molar-refractivity contribution in [2.45, 2.75) is 37.6 Å². The number of hydrogen-bond acceptors (Lipinski definition) is 5. The summed E-state index contributed by atoms with van der Waals surface area (Å²) in [6.45, 7) is 5.35.